The maximum absolute atomic E-state index is 5.40. The van der Waals surface area contributed by atoms with Crippen molar-refractivity contribution in [3.05, 3.63) is 20.6 Å². The number of hydrogen-bond donors (Lipinski definition) is 1. The predicted molar refractivity (Wildman–Crippen MR) is 90.7 cm³/mol. The van der Waals surface area contributed by atoms with E-state index < -0.39 is 0 Å². The molecule has 0 amide bonds. The van der Waals surface area contributed by atoms with Gasteiger partial charge in [-0.3, -0.25) is 0 Å². The summed E-state index contributed by atoms with van der Waals surface area (Å²) in [4.78, 5) is 8.17. The van der Waals surface area contributed by atoms with E-state index in [4.69, 9.17) is 12.2 Å². The Morgan fingerprint density at radius 1 is 1.30 bits per heavy atom. The average molecular weight is 357 g/mol. The molecule has 1 aliphatic rings. The minimum Gasteiger partial charge on any atom is -0.346 e. The first-order valence-electron chi connectivity index (χ1n) is 7.81. The van der Waals surface area contributed by atoms with E-state index in [1.165, 1.54) is 31.4 Å². The maximum Gasteiger partial charge on any atom is 0.144 e. The van der Waals surface area contributed by atoms with Crippen LogP contribution in [0.25, 0.3) is 0 Å². The maximum atomic E-state index is 5.40. The third kappa shape index (κ3) is 3.70. The van der Waals surface area contributed by atoms with Crippen molar-refractivity contribution in [2.45, 2.75) is 65.2 Å². The van der Waals surface area contributed by atoms with Crippen molar-refractivity contribution in [1.29, 1.82) is 0 Å². The van der Waals surface area contributed by atoms with Gasteiger partial charge in [-0.1, -0.05) is 39.4 Å². The zero-order chi connectivity index (χ0) is 14.7. The molecule has 1 N–H and O–H groups in total. The Balaban J connectivity index is 2.16. The minimum absolute atomic E-state index is 0.565. The SMILES string of the molecule is CCCc1[nH]c(C2CCC(C(C)C)CC2)nc(=S)c1Br. The molecule has 0 aliphatic heterocycles. The highest BCUT2D eigenvalue weighted by atomic mass is 79.9. The average Bonchev–Trinajstić information content (AvgIpc) is 2.44. The van der Waals surface area contributed by atoms with Gasteiger partial charge in [0.2, 0.25) is 0 Å². The largest absolute Gasteiger partial charge is 0.346 e. The van der Waals surface area contributed by atoms with E-state index in [0.717, 1.165) is 35.0 Å². The Morgan fingerprint density at radius 3 is 2.50 bits per heavy atom. The van der Waals surface area contributed by atoms with Crippen LogP contribution in [0, 0.1) is 16.5 Å². The lowest BCUT2D eigenvalue weighted by Crippen LogP contribution is -2.19. The van der Waals surface area contributed by atoms with Crippen LogP contribution in [0.15, 0.2) is 4.47 Å². The van der Waals surface area contributed by atoms with E-state index in [0.29, 0.717) is 10.6 Å². The first-order valence-corrected chi connectivity index (χ1v) is 9.01. The summed E-state index contributed by atoms with van der Waals surface area (Å²) in [6, 6.07) is 0. The highest BCUT2D eigenvalue weighted by Crippen LogP contribution is 2.37. The molecular formula is C16H25BrN2S. The lowest BCUT2D eigenvalue weighted by molar-refractivity contribution is 0.254. The molecular weight excluding hydrogens is 332 g/mol. The summed E-state index contributed by atoms with van der Waals surface area (Å²) in [6.45, 7) is 6.88. The number of rotatable bonds is 4. The predicted octanol–water partition coefficient (Wildman–Crippen LogP) is 5.78. The summed E-state index contributed by atoms with van der Waals surface area (Å²) in [6.07, 6.45) is 7.28. The summed E-state index contributed by atoms with van der Waals surface area (Å²) in [7, 11) is 0. The van der Waals surface area contributed by atoms with Crippen LogP contribution in [0.4, 0.5) is 0 Å². The summed E-state index contributed by atoms with van der Waals surface area (Å²) >= 11 is 8.97. The smallest absolute Gasteiger partial charge is 0.144 e. The van der Waals surface area contributed by atoms with Crippen molar-refractivity contribution in [3.63, 3.8) is 0 Å². The van der Waals surface area contributed by atoms with Crippen LogP contribution in [0.5, 0.6) is 0 Å². The molecule has 1 heterocycles. The van der Waals surface area contributed by atoms with Gasteiger partial charge in [-0.25, -0.2) is 4.98 Å². The Labute approximate surface area is 135 Å². The number of nitrogens with zero attached hydrogens (tertiary/aromatic N) is 1. The topological polar surface area (TPSA) is 28.7 Å². The van der Waals surface area contributed by atoms with Gasteiger partial charge in [0, 0.05) is 11.6 Å². The lowest BCUT2D eigenvalue weighted by atomic mass is 9.77. The molecule has 1 aliphatic carbocycles. The molecule has 2 rings (SSSR count). The van der Waals surface area contributed by atoms with Gasteiger partial charge in [-0.15, -0.1) is 0 Å². The van der Waals surface area contributed by atoms with Gasteiger partial charge >= 0.3 is 0 Å². The second-order valence-electron chi connectivity index (χ2n) is 6.33. The van der Waals surface area contributed by atoms with Crippen LogP contribution in [-0.2, 0) is 6.42 Å². The first-order chi connectivity index (χ1) is 9.52. The molecule has 1 saturated carbocycles. The van der Waals surface area contributed by atoms with Crippen LogP contribution in [0.3, 0.4) is 0 Å². The molecule has 2 nitrogen and oxygen atoms in total. The summed E-state index contributed by atoms with van der Waals surface area (Å²) < 4.78 is 1.70. The van der Waals surface area contributed by atoms with Gasteiger partial charge in [0.1, 0.15) is 10.5 Å². The minimum atomic E-state index is 0.565. The van der Waals surface area contributed by atoms with Crippen molar-refractivity contribution >= 4 is 28.1 Å². The highest BCUT2D eigenvalue weighted by molar-refractivity contribution is 9.10. The Bertz CT molecular complexity index is 502. The van der Waals surface area contributed by atoms with Gasteiger partial charge in [0.25, 0.3) is 0 Å². The fourth-order valence-electron chi connectivity index (χ4n) is 3.20. The second-order valence-corrected chi connectivity index (χ2v) is 7.51. The molecule has 0 atom stereocenters. The van der Waals surface area contributed by atoms with Crippen LogP contribution in [0.1, 0.15) is 70.3 Å². The highest BCUT2D eigenvalue weighted by Gasteiger charge is 2.26. The first kappa shape index (κ1) is 16.2. The van der Waals surface area contributed by atoms with Crippen molar-refractivity contribution in [3.8, 4) is 0 Å². The molecule has 0 saturated heterocycles. The number of nitrogens with one attached hydrogen (secondary N) is 1. The number of H-pyrrole nitrogens is 1. The second kappa shape index (κ2) is 7.17. The molecule has 20 heavy (non-hydrogen) atoms. The molecule has 0 unspecified atom stereocenters. The van der Waals surface area contributed by atoms with Crippen LogP contribution >= 0.6 is 28.1 Å². The number of aromatic amines is 1. The van der Waals surface area contributed by atoms with E-state index >= 15 is 0 Å². The fourth-order valence-corrected chi connectivity index (χ4v) is 3.81. The summed E-state index contributed by atoms with van der Waals surface area (Å²) in [5.41, 5.74) is 1.22. The molecule has 4 heteroatoms. The lowest BCUT2D eigenvalue weighted by Gasteiger charge is -2.30. The number of halogens is 1. The van der Waals surface area contributed by atoms with E-state index in [9.17, 15) is 0 Å². The quantitative estimate of drug-likeness (QED) is 0.692. The van der Waals surface area contributed by atoms with Gasteiger partial charge in [0.15, 0.2) is 0 Å². The zero-order valence-corrected chi connectivity index (χ0v) is 15.1. The van der Waals surface area contributed by atoms with E-state index in [1.807, 2.05) is 0 Å². The van der Waals surface area contributed by atoms with E-state index in [2.05, 4.69) is 46.7 Å². The molecule has 0 radical (unpaired) electrons. The fraction of sp³-hybridized carbons (Fsp3) is 0.750. The molecule has 0 aromatic carbocycles. The number of hydrogen-bond acceptors (Lipinski definition) is 2. The normalized spacial score (nSPS) is 23.2. The monoisotopic (exact) mass is 356 g/mol. The molecule has 112 valence electrons. The van der Waals surface area contributed by atoms with Gasteiger partial charge in [-0.2, -0.15) is 0 Å². The molecule has 1 aromatic rings. The van der Waals surface area contributed by atoms with Crippen LogP contribution < -0.4 is 0 Å². The van der Waals surface area contributed by atoms with Gasteiger partial charge in [-0.05, 0) is 59.9 Å². The van der Waals surface area contributed by atoms with Gasteiger partial charge in [0.05, 0.1) is 4.47 Å². The third-order valence-electron chi connectivity index (χ3n) is 4.56. The summed E-state index contributed by atoms with van der Waals surface area (Å²) in [5, 5.41) is 0. The summed E-state index contributed by atoms with van der Waals surface area (Å²) in [5.74, 6) is 3.38. The number of aromatic nitrogens is 2. The number of aryl methyl sites for hydroxylation is 1. The van der Waals surface area contributed by atoms with Crippen LogP contribution in [0.2, 0.25) is 0 Å². The zero-order valence-electron chi connectivity index (χ0n) is 12.7. The van der Waals surface area contributed by atoms with Crippen molar-refractivity contribution in [2.24, 2.45) is 11.8 Å². The van der Waals surface area contributed by atoms with Crippen molar-refractivity contribution in [2.75, 3.05) is 0 Å². The molecule has 0 spiro atoms. The molecule has 1 fully saturated rings. The standard InChI is InChI=1S/C16H25BrN2S/c1-4-5-13-14(17)16(20)19-15(18-13)12-8-6-11(7-9-12)10(2)3/h10-12H,4-9H2,1-3H3,(H,18,19,20). The van der Waals surface area contributed by atoms with E-state index in [-0.39, 0.29) is 0 Å². The van der Waals surface area contributed by atoms with Crippen LogP contribution in [-0.4, -0.2) is 9.97 Å². The Morgan fingerprint density at radius 2 is 1.95 bits per heavy atom. The van der Waals surface area contributed by atoms with Crippen molar-refractivity contribution < 1.29 is 0 Å². The Hall–Kier alpha value is -0.220. The van der Waals surface area contributed by atoms with Gasteiger partial charge < -0.3 is 4.98 Å². The molecule has 0 bridgehead atoms. The van der Waals surface area contributed by atoms with Crippen molar-refractivity contribution in [1.82, 2.24) is 9.97 Å². The van der Waals surface area contributed by atoms with E-state index in [1.54, 1.807) is 0 Å². The third-order valence-corrected chi connectivity index (χ3v) is 5.97. The molecule has 1 aromatic heterocycles. The Kier molecular flexibility index (Phi) is 5.79.